The number of benzene rings is 2. The van der Waals surface area contributed by atoms with E-state index in [2.05, 4.69) is 9.88 Å². The molecule has 8 nitrogen and oxygen atoms in total. The van der Waals surface area contributed by atoms with E-state index >= 15 is 0 Å². The van der Waals surface area contributed by atoms with Gasteiger partial charge in [-0.3, -0.25) is 14.2 Å². The molecule has 0 bridgehead atoms. The average Bonchev–Trinajstić information content (AvgIpc) is 2.88. The molecule has 1 fully saturated rings. The van der Waals surface area contributed by atoms with Crippen molar-refractivity contribution in [3.63, 3.8) is 0 Å². The number of rotatable bonds is 7. The first-order chi connectivity index (χ1) is 16.9. The van der Waals surface area contributed by atoms with E-state index < -0.39 is 0 Å². The maximum Gasteiger partial charge on any atom is 0.257 e. The molecule has 0 aliphatic carbocycles. The molecular weight excluding hydrogens is 468 g/mol. The fraction of sp³-hybridized carbons (Fsp3) is 0.346. The summed E-state index contributed by atoms with van der Waals surface area (Å²) in [6.07, 6.45) is 0.185. The molecule has 0 unspecified atom stereocenters. The Labute approximate surface area is 209 Å². The minimum absolute atomic E-state index is 0.128. The molecule has 0 atom stereocenters. The number of ether oxygens (including phenoxy) is 1. The van der Waals surface area contributed by atoms with Gasteiger partial charge < -0.3 is 19.6 Å². The van der Waals surface area contributed by atoms with E-state index in [0.717, 1.165) is 11.4 Å². The second-order valence-corrected chi connectivity index (χ2v) is 8.85. The van der Waals surface area contributed by atoms with E-state index in [0.29, 0.717) is 53.8 Å². The quantitative estimate of drug-likeness (QED) is 0.541. The monoisotopic (exact) mass is 496 g/mol. The largest absolute Gasteiger partial charge is 0.495 e. The smallest absolute Gasteiger partial charge is 0.257 e. The third-order valence-electron chi connectivity index (χ3n) is 6.29. The Bertz CT molecular complexity index is 1250. The molecule has 1 saturated heterocycles. The van der Waals surface area contributed by atoms with Crippen LogP contribution in [0.4, 0.5) is 5.69 Å². The molecule has 35 heavy (non-hydrogen) atoms. The normalized spacial score (nSPS) is 13.7. The lowest BCUT2D eigenvalue weighted by Gasteiger charge is -2.36. The molecule has 0 saturated carbocycles. The van der Waals surface area contributed by atoms with Gasteiger partial charge in [0.25, 0.3) is 5.56 Å². The maximum absolute atomic E-state index is 13.4. The van der Waals surface area contributed by atoms with Crippen LogP contribution >= 0.6 is 11.6 Å². The van der Waals surface area contributed by atoms with Crippen LogP contribution in [0.1, 0.15) is 11.3 Å². The van der Waals surface area contributed by atoms with Gasteiger partial charge in [0.05, 0.1) is 12.8 Å². The highest BCUT2D eigenvalue weighted by Crippen LogP contribution is 2.28. The molecule has 1 aliphatic rings. The Kier molecular flexibility index (Phi) is 7.73. The van der Waals surface area contributed by atoms with E-state index in [1.54, 1.807) is 43.2 Å². The molecule has 0 radical (unpaired) electrons. The Morgan fingerprint density at radius 2 is 1.77 bits per heavy atom. The average molecular weight is 497 g/mol. The zero-order valence-electron chi connectivity index (χ0n) is 19.9. The summed E-state index contributed by atoms with van der Waals surface area (Å²) in [5.74, 6) is 1.06. The van der Waals surface area contributed by atoms with Gasteiger partial charge in [0.1, 0.15) is 18.1 Å². The van der Waals surface area contributed by atoms with Gasteiger partial charge in [0.15, 0.2) is 0 Å². The molecule has 4 rings (SSSR count). The second kappa shape index (κ2) is 10.9. The summed E-state index contributed by atoms with van der Waals surface area (Å²) in [4.78, 5) is 35.3. The fourth-order valence-corrected chi connectivity index (χ4v) is 4.52. The fourth-order valence-electron chi connectivity index (χ4n) is 4.39. The Morgan fingerprint density at radius 3 is 2.43 bits per heavy atom. The number of para-hydroxylation sites is 2. The molecule has 1 aliphatic heterocycles. The van der Waals surface area contributed by atoms with E-state index in [-0.39, 0.29) is 31.0 Å². The van der Waals surface area contributed by atoms with Crippen LogP contribution in [0.3, 0.4) is 0 Å². The first-order valence-electron chi connectivity index (χ1n) is 11.6. The van der Waals surface area contributed by atoms with E-state index in [9.17, 15) is 14.7 Å². The molecular formula is C26H29ClN4O4. The van der Waals surface area contributed by atoms with E-state index in [4.69, 9.17) is 16.3 Å². The number of halogens is 1. The van der Waals surface area contributed by atoms with Gasteiger partial charge in [-0.25, -0.2) is 4.98 Å². The molecule has 2 aromatic carbocycles. The summed E-state index contributed by atoms with van der Waals surface area (Å²) < 4.78 is 6.89. The lowest BCUT2D eigenvalue weighted by Crippen LogP contribution is -2.50. The summed E-state index contributed by atoms with van der Waals surface area (Å²) in [5, 5.41) is 10.0. The third kappa shape index (κ3) is 5.33. The van der Waals surface area contributed by atoms with E-state index in [1.165, 1.54) is 4.57 Å². The Hall–Kier alpha value is -3.36. The number of aromatic nitrogens is 2. The Morgan fingerprint density at radius 1 is 1.09 bits per heavy atom. The van der Waals surface area contributed by atoms with Gasteiger partial charge in [-0.1, -0.05) is 23.7 Å². The number of methoxy groups -OCH3 is 1. The van der Waals surface area contributed by atoms with Crippen molar-refractivity contribution in [3.8, 4) is 17.1 Å². The minimum atomic E-state index is -0.308. The van der Waals surface area contributed by atoms with Crippen molar-refractivity contribution in [3.05, 3.63) is 75.2 Å². The number of aryl methyl sites for hydroxylation is 1. The molecule has 9 heteroatoms. The van der Waals surface area contributed by atoms with Crippen LogP contribution in [-0.2, 0) is 17.8 Å². The molecule has 1 aromatic heterocycles. The molecule has 1 N–H and O–H groups in total. The second-order valence-electron chi connectivity index (χ2n) is 8.41. The standard InChI is InChI=1S/C26H29ClN4O4/c1-18-21(11-16-32)26(34)31(25(28-18)19-7-9-20(27)10-8-19)17-24(33)30-14-12-29(13-15-30)22-5-3-4-6-23(22)35-2/h3-10,32H,11-17H2,1-2H3. The first-order valence-corrected chi connectivity index (χ1v) is 11.9. The number of hydrogen-bond acceptors (Lipinski definition) is 6. The van der Waals surface area contributed by atoms with Gasteiger partial charge in [0, 0.05) is 61.1 Å². The van der Waals surface area contributed by atoms with Gasteiger partial charge in [-0.05, 0) is 43.3 Å². The number of aliphatic hydroxyl groups excluding tert-OH is 1. The van der Waals surface area contributed by atoms with Crippen LogP contribution in [0.15, 0.2) is 53.3 Å². The highest BCUT2D eigenvalue weighted by atomic mass is 35.5. The predicted octanol–water partition coefficient (Wildman–Crippen LogP) is 2.76. The number of carbonyl (C=O) groups is 1. The summed E-state index contributed by atoms with van der Waals surface area (Å²) in [7, 11) is 1.65. The van der Waals surface area contributed by atoms with Crippen molar-refractivity contribution in [2.45, 2.75) is 19.9 Å². The molecule has 1 amide bonds. The highest BCUT2D eigenvalue weighted by molar-refractivity contribution is 6.30. The Balaban J connectivity index is 1.57. The van der Waals surface area contributed by atoms with Gasteiger partial charge >= 0.3 is 0 Å². The molecule has 2 heterocycles. The number of hydrogen-bond donors (Lipinski definition) is 1. The lowest BCUT2D eigenvalue weighted by atomic mass is 10.1. The highest BCUT2D eigenvalue weighted by Gasteiger charge is 2.25. The first kappa shape index (κ1) is 24.8. The van der Waals surface area contributed by atoms with Gasteiger partial charge in [-0.2, -0.15) is 0 Å². The third-order valence-corrected chi connectivity index (χ3v) is 6.54. The minimum Gasteiger partial charge on any atom is -0.495 e. The maximum atomic E-state index is 13.4. The number of amides is 1. The summed E-state index contributed by atoms with van der Waals surface area (Å²) in [5.41, 5.74) is 2.35. The van der Waals surface area contributed by atoms with Crippen molar-refractivity contribution in [1.82, 2.24) is 14.5 Å². The number of aliphatic hydroxyl groups is 1. The number of carbonyl (C=O) groups excluding carboxylic acids is 1. The predicted molar refractivity (Wildman–Crippen MR) is 136 cm³/mol. The van der Waals surface area contributed by atoms with E-state index in [1.807, 2.05) is 24.3 Å². The van der Waals surface area contributed by atoms with Crippen LogP contribution in [0.25, 0.3) is 11.4 Å². The molecule has 3 aromatic rings. The van der Waals surface area contributed by atoms with Crippen LogP contribution in [-0.4, -0.2) is 65.4 Å². The summed E-state index contributed by atoms with van der Waals surface area (Å²) in [6, 6.07) is 14.8. The van der Waals surface area contributed by atoms with Gasteiger partial charge in [-0.15, -0.1) is 0 Å². The SMILES string of the molecule is COc1ccccc1N1CCN(C(=O)Cn2c(-c3ccc(Cl)cc3)nc(C)c(CCO)c2=O)CC1. The molecule has 0 spiro atoms. The zero-order valence-corrected chi connectivity index (χ0v) is 20.7. The van der Waals surface area contributed by atoms with Crippen LogP contribution in [0.2, 0.25) is 5.02 Å². The number of piperazine rings is 1. The van der Waals surface area contributed by atoms with Crippen molar-refractivity contribution in [2.24, 2.45) is 0 Å². The van der Waals surface area contributed by atoms with Crippen LogP contribution in [0, 0.1) is 6.92 Å². The van der Waals surface area contributed by atoms with Crippen molar-refractivity contribution < 1.29 is 14.6 Å². The van der Waals surface area contributed by atoms with Crippen LogP contribution < -0.4 is 15.2 Å². The van der Waals surface area contributed by atoms with Crippen molar-refractivity contribution in [2.75, 3.05) is 44.8 Å². The van der Waals surface area contributed by atoms with Crippen LogP contribution in [0.5, 0.6) is 5.75 Å². The number of nitrogens with zero attached hydrogens (tertiary/aromatic N) is 4. The van der Waals surface area contributed by atoms with Crippen molar-refractivity contribution in [1.29, 1.82) is 0 Å². The summed E-state index contributed by atoms with van der Waals surface area (Å²) >= 11 is 6.04. The number of anilines is 1. The van der Waals surface area contributed by atoms with Gasteiger partial charge in [0.2, 0.25) is 5.91 Å². The lowest BCUT2D eigenvalue weighted by molar-refractivity contribution is -0.132. The summed E-state index contributed by atoms with van der Waals surface area (Å²) in [6.45, 7) is 3.83. The topological polar surface area (TPSA) is 87.9 Å². The zero-order chi connectivity index (χ0) is 24.9. The molecule has 184 valence electrons. The van der Waals surface area contributed by atoms with Crippen molar-refractivity contribution >= 4 is 23.2 Å².